The molecule has 0 aliphatic rings. The molecule has 154 valence electrons. The number of amides is 1. The standard InChI is InChI=1S/C23H22N2O5/c1-3-29-22-19(10-7-15-24-22)23(27)30-20(16-8-5-4-6-9-16)21(26)25-17-11-13-18(28-2)14-12-17/h4-15,20H,3H2,1-2H3,(H,25,26). The van der Waals surface area contributed by atoms with Gasteiger partial charge in [0.25, 0.3) is 5.91 Å². The van der Waals surface area contributed by atoms with Crippen LogP contribution >= 0.6 is 0 Å². The summed E-state index contributed by atoms with van der Waals surface area (Å²) in [5.74, 6) is -0.363. The van der Waals surface area contributed by atoms with E-state index in [1.807, 2.05) is 6.07 Å². The van der Waals surface area contributed by atoms with Crippen molar-refractivity contribution in [2.75, 3.05) is 19.0 Å². The van der Waals surface area contributed by atoms with Crippen LogP contribution in [0, 0.1) is 0 Å². The van der Waals surface area contributed by atoms with Crippen LogP contribution in [0.2, 0.25) is 0 Å². The third-order valence-corrected chi connectivity index (χ3v) is 4.20. The highest BCUT2D eigenvalue weighted by atomic mass is 16.6. The van der Waals surface area contributed by atoms with E-state index in [0.29, 0.717) is 23.6 Å². The number of carbonyl (C=O) groups excluding carboxylic acids is 2. The second-order valence-corrected chi connectivity index (χ2v) is 6.20. The first-order valence-corrected chi connectivity index (χ1v) is 9.41. The van der Waals surface area contributed by atoms with Gasteiger partial charge in [0, 0.05) is 17.4 Å². The molecule has 3 aromatic rings. The van der Waals surface area contributed by atoms with Crippen LogP contribution in [-0.2, 0) is 9.53 Å². The fourth-order valence-electron chi connectivity index (χ4n) is 2.75. The van der Waals surface area contributed by atoms with Crippen LogP contribution in [0.5, 0.6) is 11.6 Å². The molecule has 0 fully saturated rings. The van der Waals surface area contributed by atoms with Gasteiger partial charge in [-0.25, -0.2) is 9.78 Å². The summed E-state index contributed by atoms with van der Waals surface area (Å²) in [6.45, 7) is 2.14. The van der Waals surface area contributed by atoms with E-state index in [4.69, 9.17) is 14.2 Å². The maximum Gasteiger partial charge on any atom is 0.344 e. The second-order valence-electron chi connectivity index (χ2n) is 6.20. The lowest BCUT2D eigenvalue weighted by Crippen LogP contribution is -2.26. The lowest BCUT2D eigenvalue weighted by Gasteiger charge is -2.19. The molecule has 1 aromatic heterocycles. The summed E-state index contributed by atoms with van der Waals surface area (Å²) < 4.78 is 16.1. The summed E-state index contributed by atoms with van der Waals surface area (Å²) in [5.41, 5.74) is 1.24. The Morgan fingerprint density at radius 2 is 1.73 bits per heavy atom. The van der Waals surface area contributed by atoms with E-state index in [1.54, 1.807) is 74.7 Å². The average Bonchev–Trinajstić information content (AvgIpc) is 2.79. The Labute approximate surface area is 174 Å². The van der Waals surface area contributed by atoms with Crippen LogP contribution in [0.4, 0.5) is 5.69 Å². The number of methoxy groups -OCH3 is 1. The molecule has 0 saturated carbocycles. The number of hydrogen-bond acceptors (Lipinski definition) is 6. The summed E-state index contributed by atoms with van der Waals surface area (Å²) in [7, 11) is 1.56. The number of nitrogens with zero attached hydrogens (tertiary/aromatic N) is 1. The number of benzene rings is 2. The van der Waals surface area contributed by atoms with Gasteiger partial charge in [-0.05, 0) is 43.3 Å². The molecule has 1 N–H and O–H groups in total. The Bertz CT molecular complexity index is 990. The number of hydrogen-bond donors (Lipinski definition) is 1. The highest BCUT2D eigenvalue weighted by Gasteiger charge is 2.27. The molecule has 1 heterocycles. The Balaban J connectivity index is 1.84. The molecule has 1 atom stereocenters. The minimum Gasteiger partial charge on any atom is -0.497 e. The highest BCUT2D eigenvalue weighted by molar-refractivity contribution is 5.98. The third-order valence-electron chi connectivity index (χ3n) is 4.20. The van der Waals surface area contributed by atoms with E-state index < -0.39 is 18.0 Å². The average molecular weight is 406 g/mol. The predicted octanol–water partition coefficient (Wildman–Crippen LogP) is 4.03. The number of pyridine rings is 1. The third kappa shape index (κ3) is 5.14. The smallest absolute Gasteiger partial charge is 0.344 e. The Morgan fingerprint density at radius 1 is 1.00 bits per heavy atom. The minimum atomic E-state index is -1.16. The quantitative estimate of drug-likeness (QED) is 0.569. The molecule has 3 rings (SSSR count). The van der Waals surface area contributed by atoms with Crippen molar-refractivity contribution in [1.82, 2.24) is 4.98 Å². The molecule has 0 aliphatic heterocycles. The fourth-order valence-corrected chi connectivity index (χ4v) is 2.75. The molecule has 1 unspecified atom stereocenters. The molecule has 0 bridgehead atoms. The van der Waals surface area contributed by atoms with E-state index in [-0.39, 0.29) is 11.4 Å². The van der Waals surface area contributed by atoms with Crippen molar-refractivity contribution in [3.05, 3.63) is 84.1 Å². The Kier molecular flexibility index (Phi) is 7.00. The van der Waals surface area contributed by atoms with Crippen LogP contribution < -0.4 is 14.8 Å². The zero-order valence-corrected chi connectivity index (χ0v) is 16.7. The van der Waals surface area contributed by atoms with E-state index >= 15 is 0 Å². The van der Waals surface area contributed by atoms with Crippen molar-refractivity contribution in [3.63, 3.8) is 0 Å². The first-order valence-electron chi connectivity index (χ1n) is 9.41. The molecule has 1 amide bonds. The van der Waals surface area contributed by atoms with Crippen molar-refractivity contribution < 1.29 is 23.8 Å². The number of nitrogens with one attached hydrogen (secondary N) is 1. The number of esters is 1. The SMILES string of the molecule is CCOc1ncccc1C(=O)OC(C(=O)Nc1ccc(OC)cc1)c1ccccc1. The lowest BCUT2D eigenvalue weighted by atomic mass is 10.1. The lowest BCUT2D eigenvalue weighted by molar-refractivity contribution is -0.125. The normalized spacial score (nSPS) is 11.3. The van der Waals surface area contributed by atoms with Crippen molar-refractivity contribution >= 4 is 17.6 Å². The van der Waals surface area contributed by atoms with Gasteiger partial charge in [0.15, 0.2) is 0 Å². The number of anilines is 1. The summed E-state index contributed by atoms with van der Waals surface area (Å²) in [4.78, 5) is 29.9. The van der Waals surface area contributed by atoms with Gasteiger partial charge in [-0.1, -0.05) is 30.3 Å². The van der Waals surface area contributed by atoms with E-state index in [1.165, 1.54) is 6.20 Å². The Morgan fingerprint density at radius 3 is 2.40 bits per heavy atom. The topological polar surface area (TPSA) is 86.8 Å². The molecular formula is C23H22N2O5. The summed E-state index contributed by atoms with van der Waals surface area (Å²) in [5, 5.41) is 2.77. The molecule has 7 nitrogen and oxygen atoms in total. The van der Waals surface area contributed by atoms with Crippen molar-refractivity contribution in [2.45, 2.75) is 13.0 Å². The van der Waals surface area contributed by atoms with Crippen LogP contribution in [0.15, 0.2) is 72.9 Å². The largest absolute Gasteiger partial charge is 0.497 e. The fraction of sp³-hybridized carbons (Fsp3) is 0.174. The van der Waals surface area contributed by atoms with Crippen LogP contribution in [-0.4, -0.2) is 30.6 Å². The van der Waals surface area contributed by atoms with Gasteiger partial charge in [-0.3, -0.25) is 4.79 Å². The van der Waals surface area contributed by atoms with Crippen LogP contribution in [0.1, 0.15) is 28.9 Å². The summed E-state index contributed by atoms with van der Waals surface area (Å²) in [6.07, 6.45) is 0.364. The summed E-state index contributed by atoms with van der Waals surface area (Å²) in [6, 6.07) is 18.8. The van der Waals surface area contributed by atoms with Crippen molar-refractivity contribution in [3.8, 4) is 11.6 Å². The van der Waals surface area contributed by atoms with Crippen LogP contribution in [0.25, 0.3) is 0 Å². The van der Waals surface area contributed by atoms with E-state index in [0.717, 1.165) is 0 Å². The molecule has 2 aromatic carbocycles. The van der Waals surface area contributed by atoms with E-state index in [2.05, 4.69) is 10.3 Å². The molecule has 30 heavy (non-hydrogen) atoms. The molecule has 0 saturated heterocycles. The van der Waals surface area contributed by atoms with Crippen molar-refractivity contribution in [2.24, 2.45) is 0 Å². The summed E-state index contributed by atoms with van der Waals surface area (Å²) >= 11 is 0. The molecule has 0 aliphatic carbocycles. The zero-order valence-electron chi connectivity index (χ0n) is 16.7. The highest BCUT2D eigenvalue weighted by Crippen LogP contribution is 2.24. The molecule has 0 spiro atoms. The number of carbonyl (C=O) groups is 2. The van der Waals surface area contributed by atoms with Gasteiger partial charge in [-0.2, -0.15) is 0 Å². The molecule has 7 heteroatoms. The van der Waals surface area contributed by atoms with Gasteiger partial charge in [0.1, 0.15) is 11.3 Å². The number of rotatable bonds is 8. The first kappa shape index (κ1) is 20.9. The van der Waals surface area contributed by atoms with Gasteiger partial charge in [0.2, 0.25) is 12.0 Å². The van der Waals surface area contributed by atoms with E-state index in [9.17, 15) is 9.59 Å². The van der Waals surface area contributed by atoms with Crippen molar-refractivity contribution in [1.29, 1.82) is 0 Å². The Hall–Kier alpha value is -3.87. The van der Waals surface area contributed by atoms with Crippen LogP contribution in [0.3, 0.4) is 0 Å². The van der Waals surface area contributed by atoms with Gasteiger partial charge >= 0.3 is 5.97 Å². The molecule has 0 radical (unpaired) electrons. The van der Waals surface area contributed by atoms with Gasteiger partial charge in [0.05, 0.1) is 13.7 Å². The molecular weight excluding hydrogens is 384 g/mol. The van der Waals surface area contributed by atoms with Gasteiger partial charge < -0.3 is 19.5 Å². The maximum atomic E-state index is 13.0. The number of ether oxygens (including phenoxy) is 3. The zero-order chi connectivity index (χ0) is 21.3. The first-order chi connectivity index (χ1) is 14.6. The predicted molar refractivity (Wildman–Crippen MR) is 112 cm³/mol. The minimum absolute atomic E-state index is 0.150. The maximum absolute atomic E-state index is 13.0. The number of aromatic nitrogens is 1. The van der Waals surface area contributed by atoms with Gasteiger partial charge in [-0.15, -0.1) is 0 Å². The second kappa shape index (κ2) is 10.1. The monoisotopic (exact) mass is 406 g/mol.